The molecule has 1 aromatic rings. The molecule has 0 saturated carbocycles. The van der Waals surface area contributed by atoms with Gasteiger partial charge in [-0.05, 0) is 37.3 Å². The zero-order valence-electron chi connectivity index (χ0n) is 10.0. The minimum atomic E-state index is -3.34. The van der Waals surface area contributed by atoms with Crippen molar-refractivity contribution in [3.8, 4) is 0 Å². The topological polar surface area (TPSA) is 37.4 Å². The average Bonchev–Trinajstić information content (AvgIpc) is 2.70. The number of sulfonamides is 1. The highest BCUT2D eigenvalue weighted by Crippen LogP contribution is 2.33. The Morgan fingerprint density at radius 3 is 2.56 bits per heavy atom. The van der Waals surface area contributed by atoms with E-state index in [1.54, 1.807) is 10.4 Å². The third kappa shape index (κ3) is 2.93. The van der Waals surface area contributed by atoms with Crippen molar-refractivity contribution in [2.24, 2.45) is 5.92 Å². The van der Waals surface area contributed by atoms with Crippen molar-refractivity contribution in [3.63, 3.8) is 0 Å². The zero-order chi connectivity index (χ0) is 13.3. The molecular weight excluding hydrogens is 358 g/mol. The minimum absolute atomic E-state index is 0.363. The Morgan fingerprint density at radius 2 is 2.11 bits per heavy atom. The molecule has 1 saturated heterocycles. The fourth-order valence-corrected chi connectivity index (χ4v) is 5.97. The fourth-order valence-electron chi connectivity index (χ4n) is 1.99. The Balaban J connectivity index is 2.17. The highest BCUT2D eigenvalue weighted by molar-refractivity contribution is 9.09. The molecule has 2 rings (SSSR count). The summed E-state index contributed by atoms with van der Waals surface area (Å²) >= 11 is 10.6. The number of halogens is 2. The number of hydrogen-bond donors (Lipinski definition) is 0. The third-order valence-electron chi connectivity index (χ3n) is 3.22. The van der Waals surface area contributed by atoms with Crippen LogP contribution in [0.2, 0.25) is 4.34 Å². The maximum atomic E-state index is 12.4. The molecule has 0 unspecified atom stereocenters. The quantitative estimate of drug-likeness (QED) is 0.761. The van der Waals surface area contributed by atoms with Crippen LogP contribution in [0, 0.1) is 12.8 Å². The molecule has 0 aromatic carbocycles. The molecule has 0 N–H and O–H groups in total. The van der Waals surface area contributed by atoms with Gasteiger partial charge in [0.1, 0.15) is 4.21 Å². The third-order valence-corrected chi connectivity index (χ3v) is 8.04. The predicted octanol–water partition coefficient (Wildman–Crippen LogP) is 3.51. The van der Waals surface area contributed by atoms with Gasteiger partial charge in [-0.15, -0.1) is 11.3 Å². The fraction of sp³-hybridized carbons (Fsp3) is 0.636. The first-order valence-electron chi connectivity index (χ1n) is 5.77. The summed E-state index contributed by atoms with van der Waals surface area (Å²) in [5.41, 5.74) is 0.829. The number of thiophene rings is 1. The first-order chi connectivity index (χ1) is 8.45. The van der Waals surface area contributed by atoms with Crippen LogP contribution in [-0.2, 0) is 10.0 Å². The number of alkyl halides is 1. The van der Waals surface area contributed by atoms with Crippen molar-refractivity contribution in [2.45, 2.75) is 24.0 Å². The largest absolute Gasteiger partial charge is 0.252 e. The monoisotopic (exact) mass is 371 g/mol. The Kier molecular flexibility index (Phi) is 4.75. The summed E-state index contributed by atoms with van der Waals surface area (Å²) in [6, 6.07) is 1.67. The van der Waals surface area contributed by atoms with Gasteiger partial charge in [-0.25, -0.2) is 8.42 Å². The molecule has 3 nitrogen and oxygen atoms in total. The number of rotatable bonds is 3. The molecule has 1 aliphatic rings. The first-order valence-corrected chi connectivity index (χ1v) is 9.53. The van der Waals surface area contributed by atoms with Crippen LogP contribution >= 0.6 is 38.9 Å². The van der Waals surface area contributed by atoms with Gasteiger partial charge in [0.15, 0.2) is 0 Å². The zero-order valence-corrected chi connectivity index (χ0v) is 14.0. The number of hydrogen-bond acceptors (Lipinski definition) is 3. The lowest BCUT2D eigenvalue weighted by Crippen LogP contribution is -2.38. The van der Waals surface area contributed by atoms with E-state index in [1.807, 2.05) is 6.92 Å². The second kappa shape index (κ2) is 5.79. The van der Waals surface area contributed by atoms with Crippen LogP contribution in [-0.4, -0.2) is 31.1 Å². The van der Waals surface area contributed by atoms with Crippen LogP contribution in [0.3, 0.4) is 0 Å². The summed E-state index contributed by atoms with van der Waals surface area (Å²) in [4.78, 5) is 0. The van der Waals surface area contributed by atoms with E-state index in [4.69, 9.17) is 11.6 Å². The van der Waals surface area contributed by atoms with E-state index in [0.717, 1.165) is 35.1 Å². The molecule has 1 aliphatic heterocycles. The predicted molar refractivity (Wildman–Crippen MR) is 79.3 cm³/mol. The molecule has 18 heavy (non-hydrogen) atoms. The number of aryl methyl sites for hydroxylation is 1. The van der Waals surface area contributed by atoms with Crippen molar-refractivity contribution in [3.05, 3.63) is 16.0 Å². The van der Waals surface area contributed by atoms with Gasteiger partial charge in [-0.3, -0.25) is 0 Å². The summed E-state index contributed by atoms with van der Waals surface area (Å²) < 4.78 is 27.3. The molecule has 0 aliphatic carbocycles. The standard InChI is InChI=1S/C11H15BrClNO2S2/c1-8-6-10(17-11(8)13)18(15,16)14-4-2-9(7-12)3-5-14/h6,9H,2-5,7H2,1H3. The number of piperidine rings is 1. The van der Waals surface area contributed by atoms with Gasteiger partial charge in [0.05, 0.1) is 4.34 Å². The normalized spacial score (nSPS) is 19.3. The molecule has 0 atom stereocenters. The SMILES string of the molecule is Cc1cc(S(=O)(=O)N2CCC(CBr)CC2)sc1Cl. The maximum absolute atomic E-state index is 12.4. The Labute approximate surface area is 125 Å². The molecule has 0 bridgehead atoms. The van der Waals surface area contributed by atoms with E-state index in [9.17, 15) is 8.42 Å². The highest BCUT2D eigenvalue weighted by atomic mass is 79.9. The minimum Gasteiger partial charge on any atom is -0.206 e. The summed E-state index contributed by atoms with van der Waals surface area (Å²) in [5.74, 6) is 0.588. The maximum Gasteiger partial charge on any atom is 0.252 e. The van der Waals surface area contributed by atoms with E-state index in [1.165, 1.54) is 0 Å². The first kappa shape index (κ1) is 14.8. The van der Waals surface area contributed by atoms with Gasteiger partial charge in [0.2, 0.25) is 0 Å². The smallest absolute Gasteiger partial charge is 0.206 e. The van der Waals surface area contributed by atoms with Crippen molar-refractivity contribution in [1.29, 1.82) is 0 Å². The van der Waals surface area contributed by atoms with Crippen molar-refractivity contribution in [2.75, 3.05) is 18.4 Å². The van der Waals surface area contributed by atoms with E-state index < -0.39 is 10.0 Å². The number of nitrogens with zero attached hydrogens (tertiary/aromatic N) is 1. The van der Waals surface area contributed by atoms with Crippen molar-refractivity contribution in [1.82, 2.24) is 4.31 Å². The molecule has 2 heterocycles. The van der Waals surface area contributed by atoms with Gasteiger partial charge >= 0.3 is 0 Å². The van der Waals surface area contributed by atoms with Crippen LogP contribution in [0.15, 0.2) is 10.3 Å². The van der Waals surface area contributed by atoms with Gasteiger partial charge in [-0.1, -0.05) is 27.5 Å². The molecule has 1 fully saturated rings. The molecule has 0 spiro atoms. The second-order valence-corrected chi connectivity index (χ2v) is 8.99. The summed E-state index contributed by atoms with van der Waals surface area (Å²) in [6.45, 7) is 3.04. The van der Waals surface area contributed by atoms with Crippen LogP contribution in [0.1, 0.15) is 18.4 Å². The molecule has 7 heteroatoms. The Hall–Kier alpha value is 0.380. The molecule has 102 valence electrons. The summed E-state index contributed by atoms with van der Waals surface area (Å²) in [6.07, 6.45) is 1.84. The van der Waals surface area contributed by atoms with Crippen molar-refractivity contribution >= 4 is 48.9 Å². The Morgan fingerprint density at radius 1 is 1.50 bits per heavy atom. The highest BCUT2D eigenvalue weighted by Gasteiger charge is 2.30. The second-order valence-electron chi connectivity index (χ2n) is 4.52. The van der Waals surface area contributed by atoms with Gasteiger partial charge in [-0.2, -0.15) is 4.31 Å². The van der Waals surface area contributed by atoms with Crippen molar-refractivity contribution < 1.29 is 8.42 Å². The van der Waals surface area contributed by atoms with E-state index >= 15 is 0 Å². The molecule has 0 radical (unpaired) electrons. The van der Waals surface area contributed by atoms with Crippen LogP contribution in [0.25, 0.3) is 0 Å². The molecule has 1 aromatic heterocycles. The molecular formula is C11H15BrClNO2S2. The van der Waals surface area contributed by atoms with Crippen LogP contribution < -0.4 is 0 Å². The summed E-state index contributed by atoms with van der Waals surface area (Å²) in [7, 11) is -3.34. The molecule has 0 amide bonds. The van der Waals surface area contributed by atoms with Gasteiger partial charge in [0.25, 0.3) is 10.0 Å². The summed E-state index contributed by atoms with van der Waals surface area (Å²) in [5, 5.41) is 0.949. The van der Waals surface area contributed by atoms with E-state index in [0.29, 0.717) is 27.6 Å². The lowest BCUT2D eigenvalue weighted by Gasteiger charge is -2.29. The van der Waals surface area contributed by atoms with E-state index in [-0.39, 0.29) is 0 Å². The lowest BCUT2D eigenvalue weighted by molar-refractivity contribution is 0.292. The van der Waals surface area contributed by atoms with Gasteiger partial charge in [0, 0.05) is 18.4 Å². The van der Waals surface area contributed by atoms with Crippen LogP contribution in [0.5, 0.6) is 0 Å². The lowest BCUT2D eigenvalue weighted by atomic mass is 10.0. The average molecular weight is 373 g/mol. The van der Waals surface area contributed by atoms with Gasteiger partial charge < -0.3 is 0 Å². The van der Waals surface area contributed by atoms with E-state index in [2.05, 4.69) is 15.9 Å². The van der Waals surface area contributed by atoms with Crippen LogP contribution in [0.4, 0.5) is 0 Å². The Bertz CT molecular complexity index is 502.